The molecule has 0 aliphatic rings. The Kier molecular flexibility index (Phi) is 5.90. The van der Waals surface area contributed by atoms with Gasteiger partial charge >= 0.3 is 5.97 Å². The lowest BCUT2D eigenvalue weighted by Gasteiger charge is -2.35. The van der Waals surface area contributed by atoms with Crippen molar-refractivity contribution in [3.05, 3.63) is 71.8 Å². The number of ether oxygens (including phenoxy) is 2. The van der Waals surface area contributed by atoms with Crippen molar-refractivity contribution < 1.29 is 19.4 Å². The maximum absolute atomic E-state index is 12.0. The number of esters is 1. The van der Waals surface area contributed by atoms with Crippen LogP contribution in [0.3, 0.4) is 0 Å². The molecule has 0 aliphatic carbocycles. The average molecular weight is 314 g/mol. The van der Waals surface area contributed by atoms with Gasteiger partial charge in [-0.15, -0.1) is 0 Å². The van der Waals surface area contributed by atoms with Crippen molar-refractivity contribution in [3.63, 3.8) is 0 Å². The first kappa shape index (κ1) is 17.2. The number of benzene rings is 2. The first-order valence-corrected chi connectivity index (χ1v) is 7.63. The zero-order chi connectivity index (χ0) is 16.7. The minimum Gasteiger partial charge on any atom is -0.466 e. The van der Waals surface area contributed by atoms with Gasteiger partial charge in [0.25, 0.3) is 0 Å². The van der Waals surface area contributed by atoms with Gasteiger partial charge in [-0.1, -0.05) is 60.7 Å². The van der Waals surface area contributed by atoms with Crippen LogP contribution in [-0.4, -0.2) is 24.8 Å². The smallest absolute Gasteiger partial charge is 0.309 e. The van der Waals surface area contributed by atoms with Gasteiger partial charge in [0.05, 0.1) is 13.0 Å². The molecule has 4 nitrogen and oxygen atoms in total. The predicted molar refractivity (Wildman–Crippen MR) is 87.8 cm³/mol. The highest BCUT2D eigenvalue weighted by molar-refractivity contribution is 5.71. The summed E-state index contributed by atoms with van der Waals surface area (Å²) in [6.07, 6.45) is -0.867. The Morgan fingerprint density at radius 1 is 1.09 bits per heavy atom. The predicted octanol–water partition coefficient (Wildman–Crippen LogP) is 3.22. The van der Waals surface area contributed by atoms with Crippen molar-refractivity contribution in [3.8, 4) is 0 Å². The van der Waals surface area contributed by atoms with E-state index < -0.39 is 17.7 Å². The zero-order valence-electron chi connectivity index (χ0n) is 13.4. The van der Waals surface area contributed by atoms with Crippen LogP contribution in [0.4, 0.5) is 0 Å². The molecule has 0 aliphatic heterocycles. The molecule has 0 heterocycles. The van der Waals surface area contributed by atoms with Crippen LogP contribution >= 0.6 is 0 Å². The maximum Gasteiger partial charge on any atom is 0.309 e. The number of carbonyl (C=O) groups excluding carboxylic acids is 1. The number of hydrogen-bond acceptors (Lipinski definition) is 4. The summed E-state index contributed by atoms with van der Waals surface area (Å²) in [4.78, 5) is 12.0. The van der Waals surface area contributed by atoms with Crippen molar-refractivity contribution in [1.82, 2.24) is 0 Å². The first-order valence-electron chi connectivity index (χ1n) is 7.63. The standard InChI is InChI=1S/C19H22O4/c1-3-23-17(20)14-19(21,16-12-8-5-9-13-16)18(22-2)15-10-6-4-7-11-15/h4-13,18,21H,3,14H2,1-2H3/t18-,19-/m1/s1. The maximum atomic E-state index is 12.0. The minimum absolute atomic E-state index is 0.182. The highest BCUT2D eigenvalue weighted by Gasteiger charge is 2.42. The van der Waals surface area contributed by atoms with Crippen molar-refractivity contribution in [1.29, 1.82) is 0 Å². The molecule has 2 rings (SSSR count). The number of rotatable bonds is 7. The molecule has 0 aromatic heterocycles. The summed E-state index contributed by atoms with van der Waals surface area (Å²) >= 11 is 0. The fourth-order valence-corrected chi connectivity index (χ4v) is 2.74. The topological polar surface area (TPSA) is 55.8 Å². The SMILES string of the molecule is CCOC(=O)C[C@@](O)(c1ccccc1)[C@H](OC)c1ccccc1. The number of hydrogen-bond donors (Lipinski definition) is 1. The van der Waals surface area contributed by atoms with E-state index in [0.717, 1.165) is 5.56 Å². The summed E-state index contributed by atoms with van der Waals surface area (Å²) in [6.45, 7) is 2.01. The Morgan fingerprint density at radius 3 is 2.17 bits per heavy atom. The Bertz CT molecular complexity index is 612. The lowest BCUT2D eigenvalue weighted by molar-refractivity contribution is -0.159. The molecule has 23 heavy (non-hydrogen) atoms. The van der Waals surface area contributed by atoms with Gasteiger partial charge in [0.15, 0.2) is 0 Å². The van der Waals surface area contributed by atoms with Crippen LogP contribution in [0.2, 0.25) is 0 Å². The largest absolute Gasteiger partial charge is 0.466 e. The van der Waals surface area contributed by atoms with Crippen LogP contribution in [0.1, 0.15) is 30.6 Å². The lowest BCUT2D eigenvalue weighted by atomic mass is 9.81. The van der Waals surface area contributed by atoms with Gasteiger partial charge in [0.2, 0.25) is 0 Å². The van der Waals surface area contributed by atoms with E-state index in [1.54, 1.807) is 19.1 Å². The van der Waals surface area contributed by atoms with Crippen LogP contribution in [0, 0.1) is 0 Å². The Balaban J connectivity index is 2.45. The summed E-state index contributed by atoms with van der Waals surface area (Å²) in [5.41, 5.74) is -0.0988. The molecule has 4 heteroatoms. The van der Waals surface area contributed by atoms with E-state index in [2.05, 4.69) is 0 Å². The van der Waals surface area contributed by atoms with Gasteiger partial charge in [-0.2, -0.15) is 0 Å². The molecular weight excluding hydrogens is 292 g/mol. The van der Waals surface area contributed by atoms with E-state index in [4.69, 9.17) is 9.47 Å². The van der Waals surface area contributed by atoms with Gasteiger partial charge in [-0.3, -0.25) is 4.79 Å². The average Bonchev–Trinajstić information content (AvgIpc) is 2.57. The van der Waals surface area contributed by atoms with E-state index in [9.17, 15) is 9.90 Å². The third-order valence-corrected chi connectivity index (χ3v) is 3.76. The van der Waals surface area contributed by atoms with Gasteiger partial charge in [-0.05, 0) is 18.1 Å². The minimum atomic E-state index is -1.51. The second kappa shape index (κ2) is 7.90. The second-order valence-electron chi connectivity index (χ2n) is 5.30. The summed E-state index contributed by atoms with van der Waals surface area (Å²) in [5, 5.41) is 11.4. The van der Waals surface area contributed by atoms with Gasteiger partial charge in [0, 0.05) is 7.11 Å². The third kappa shape index (κ3) is 3.97. The molecule has 0 radical (unpaired) electrons. The Hall–Kier alpha value is -2.17. The van der Waals surface area contributed by atoms with Gasteiger partial charge < -0.3 is 14.6 Å². The number of carbonyl (C=O) groups is 1. The summed E-state index contributed by atoms with van der Waals surface area (Å²) in [5.74, 6) is -0.461. The molecule has 0 saturated carbocycles. The Labute approximate surface area is 136 Å². The van der Waals surface area contributed by atoms with E-state index in [1.165, 1.54) is 7.11 Å². The summed E-state index contributed by atoms with van der Waals surface area (Å²) in [6, 6.07) is 18.4. The van der Waals surface area contributed by atoms with E-state index >= 15 is 0 Å². The molecule has 0 fully saturated rings. The Morgan fingerprint density at radius 2 is 1.65 bits per heavy atom. The highest BCUT2D eigenvalue weighted by atomic mass is 16.5. The van der Waals surface area contributed by atoms with Crippen molar-refractivity contribution in [2.75, 3.05) is 13.7 Å². The number of methoxy groups -OCH3 is 1. The van der Waals surface area contributed by atoms with Gasteiger partial charge in [0.1, 0.15) is 11.7 Å². The molecule has 122 valence electrons. The molecule has 2 aromatic carbocycles. The van der Waals surface area contributed by atoms with Crippen molar-refractivity contribution >= 4 is 5.97 Å². The molecule has 2 atom stereocenters. The molecule has 2 aromatic rings. The summed E-state index contributed by atoms with van der Waals surface area (Å²) in [7, 11) is 1.52. The molecule has 0 unspecified atom stereocenters. The monoisotopic (exact) mass is 314 g/mol. The molecule has 0 bridgehead atoms. The molecular formula is C19H22O4. The van der Waals surface area contributed by atoms with E-state index in [1.807, 2.05) is 48.5 Å². The molecule has 0 saturated heterocycles. The third-order valence-electron chi connectivity index (χ3n) is 3.76. The summed E-state index contributed by atoms with van der Waals surface area (Å²) < 4.78 is 10.6. The van der Waals surface area contributed by atoms with Gasteiger partial charge in [-0.25, -0.2) is 0 Å². The first-order chi connectivity index (χ1) is 11.1. The fraction of sp³-hybridized carbons (Fsp3) is 0.316. The second-order valence-corrected chi connectivity index (χ2v) is 5.30. The molecule has 0 spiro atoms. The molecule has 0 amide bonds. The lowest BCUT2D eigenvalue weighted by Crippen LogP contribution is -2.37. The zero-order valence-corrected chi connectivity index (χ0v) is 13.4. The van der Waals surface area contributed by atoms with Crippen molar-refractivity contribution in [2.45, 2.75) is 25.0 Å². The fourth-order valence-electron chi connectivity index (χ4n) is 2.74. The normalized spacial score (nSPS) is 14.7. The van der Waals surface area contributed by atoms with Crippen LogP contribution in [0.15, 0.2) is 60.7 Å². The van der Waals surface area contributed by atoms with Crippen LogP contribution in [0.5, 0.6) is 0 Å². The van der Waals surface area contributed by atoms with E-state index in [0.29, 0.717) is 5.56 Å². The quantitative estimate of drug-likeness (QED) is 0.797. The van der Waals surface area contributed by atoms with Crippen LogP contribution in [-0.2, 0) is 19.9 Å². The van der Waals surface area contributed by atoms with Crippen molar-refractivity contribution in [2.24, 2.45) is 0 Å². The van der Waals surface area contributed by atoms with Crippen LogP contribution < -0.4 is 0 Å². The van der Waals surface area contributed by atoms with Crippen LogP contribution in [0.25, 0.3) is 0 Å². The molecule has 1 N–H and O–H groups in total. The highest BCUT2D eigenvalue weighted by Crippen LogP contribution is 2.40. The number of aliphatic hydroxyl groups is 1. The van der Waals surface area contributed by atoms with E-state index in [-0.39, 0.29) is 13.0 Å².